The Morgan fingerprint density at radius 1 is 0.872 bits per heavy atom. The van der Waals surface area contributed by atoms with E-state index in [2.05, 4.69) is 29.8 Å². The first kappa shape index (κ1) is 29.3. The Morgan fingerprint density at radius 3 is 2.13 bits per heavy atom. The molecule has 3 N–H and O–H groups in total. The number of nitrogens with zero attached hydrogens (tertiary/aromatic N) is 1. The van der Waals surface area contributed by atoms with Gasteiger partial charge < -0.3 is 20.1 Å². The van der Waals surface area contributed by atoms with Crippen LogP contribution in [-0.2, 0) is 16.6 Å². The fourth-order valence-electron chi connectivity index (χ4n) is 2.92. The highest BCUT2D eigenvalue weighted by Gasteiger charge is 2.31. The number of aromatic nitrogens is 1. The van der Waals surface area contributed by atoms with Crippen LogP contribution in [0.4, 0.5) is 42.5 Å². The van der Waals surface area contributed by atoms with E-state index >= 15 is 0 Å². The van der Waals surface area contributed by atoms with Gasteiger partial charge in [-0.1, -0.05) is 6.07 Å². The molecule has 0 radical (unpaired) electrons. The van der Waals surface area contributed by atoms with Crippen molar-refractivity contribution < 1.29 is 49.0 Å². The van der Waals surface area contributed by atoms with E-state index in [0.717, 1.165) is 17.7 Å². The lowest BCUT2D eigenvalue weighted by Gasteiger charge is -2.16. The molecule has 2 aromatic carbocycles. The molecule has 0 fully saturated rings. The fourth-order valence-corrected chi connectivity index (χ4v) is 4.14. The molecule has 0 saturated carbocycles. The Bertz CT molecular complexity index is 1370. The zero-order valence-corrected chi connectivity index (χ0v) is 20.5. The Balaban J connectivity index is 1.72. The fraction of sp³-hybridized carbons (Fsp3) is 0.217. The minimum absolute atomic E-state index is 0.0697. The van der Waals surface area contributed by atoms with Crippen molar-refractivity contribution in [1.82, 2.24) is 10.3 Å². The predicted octanol–water partition coefficient (Wildman–Crippen LogP) is 5.09. The third kappa shape index (κ3) is 9.88. The number of anilines is 2. The lowest BCUT2D eigenvalue weighted by atomic mass is 10.3. The van der Waals surface area contributed by atoms with Crippen molar-refractivity contribution >= 4 is 27.4 Å². The zero-order chi connectivity index (χ0) is 28.7. The van der Waals surface area contributed by atoms with Gasteiger partial charge in [-0.3, -0.25) is 9.71 Å². The molecule has 210 valence electrons. The smallest absolute Gasteiger partial charge is 0.422 e. The molecule has 1 aromatic heterocycles. The van der Waals surface area contributed by atoms with Gasteiger partial charge in [-0.2, -0.15) is 26.3 Å². The topological polar surface area (TPSA) is 119 Å². The van der Waals surface area contributed by atoms with Crippen LogP contribution in [0.3, 0.4) is 0 Å². The van der Waals surface area contributed by atoms with Crippen LogP contribution >= 0.6 is 0 Å². The first-order valence-corrected chi connectivity index (χ1v) is 12.3. The summed E-state index contributed by atoms with van der Waals surface area (Å²) in [5.41, 5.74) is 0.960. The van der Waals surface area contributed by atoms with Gasteiger partial charge in [0.05, 0.1) is 0 Å². The van der Waals surface area contributed by atoms with E-state index in [0.29, 0.717) is 6.07 Å². The highest BCUT2D eigenvalue weighted by Crippen LogP contribution is 2.32. The molecule has 2 amide bonds. The van der Waals surface area contributed by atoms with E-state index in [1.54, 1.807) is 24.5 Å². The summed E-state index contributed by atoms with van der Waals surface area (Å²) in [4.78, 5) is 15.1. The monoisotopic (exact) mass is 578 g/mol. The Hall–Kier alpha value is -4.21. The summed E-state index contributed by atoms with van der Waals surface area (Å²) in [6.07, 6.45) is -6.41. The second-order valence-corrected chi connectivity index (χ2v) is 9.42. The number of hydrogen-bond acceptors (Lipinski definition) is 6. The molecule has 0 unspecified atom stereocenters. The summed E-state index contributed by atoms with van der Waals surface area (Å²) in [6.45, 7) is -3.41. The normalized spacial score (nSPS) is 11.9. The van der Waals surface area contributed by atoms with Crippen LogP contribution < -0.4 is 24.8 Å². The van der Waals surface area contributed by atoms with E-state index in [4.69, 9.17) is 0 Å². The third-order valence-corrected chi connectivity index (χ3v) is 5.97. The van der Waals surface area contributed by atoms with Gasteiger partial charge in [0.25, 0.3) is 10.0 Å². The largest absolute Gasteiger partial charge is 0.484 e. The number of pyridine rings is 1. The number of rotatable bonds is 10. The van der Waals surface area contributed by atoms with Gasteiger partial charge >= 0.3 is 18.4 Å². The molecule has 0 saturated heterocycles. The van der Waals surface area contributed by atoms with Gasteiger partial charge in [0.1, 0.15) is 16.4 Å². The molecule has 0 aliphatic carbocycles. The molecule has 39 heavy (non-hydrogen) atoms. The molecule has 0 spiro atoms. The Morgan fingerprint density at radius 2 is 1.51 bits per heavy atom. The van der Waals surface area contributed by atoms with Gasteiger partial charge in [-0.25, -0.2) is 13.2 Å². The minimum atomic E-state index is -4.81. The molecule has 0 aliphatic rings. The molecule has 0 aliphatic heterocycles. The van der Waals surface area contributed by atoms with Crippen molar-refractivity contribution in [3.63, 3.8) is 0 Å². The number of sulfonamides is 1. The van der Waals surface area contributed by atoms with Crippen molar-refractivity contribution in [2.75, 3.05) is 23.3 Å². The Labute approximate surface area is 218 Å². The number of carbonyl (C=O) groups is 1. The number of carbonyl (C=O) groups excluding carboxylic acids is 1. The first-order valence-electron chi connectivity index (χ1n) is 10.8. The van der Waals surface area contributed by atoms with Gasteiger partial charge in [-0.05, 0) is 48.0 Å². The van der Waals surface area contributed by atoms with Crippen LogP contribution in [0.2, 0.25) is 0 Å². The van der Waals surface area contributed by atoms with Crippen molar-refractivity contribution in [3.05, 3.63) is 72.6 Å². The zero-order valence-electron chi connectivity index (χ0n) is 19.6. The maximum atomic E-state index is 12.9. The summed E-state index contributed by atoms with van der Waals surface area (Å²) in [5.74, 6) is -1.33. The molecular weight excluding hydrogens is 558 g/mol. The van der Waals surface area contributed by atoms with E-state index in [9.17, 15) is 39.6 Å². The summed E-state index contributed by atoms with van der Waals surface area (Å²) >= 11 is 0. The van der Waals surface area contributed by atoms with Gasteiger partial charge in [0.2, 0.25) is 0 Å². The number of hydrogen-bond donors (Lipinski definition) is 3. The number of amides is 2. The average Bonchev–Trinajstić information content (AvgIpc) is 2.86. The van der Waals surface area contributed by atoms with Gasteiger partial charge in [-0.15, -0.1) is 0 Å². The van der Waals surface area contributed by atoms with Crippen LogP contribution in [0.1, 0.15) is 5.56 Å². The minimum Gasteiger partial charge on any atom is -0.484 e. The van der Waals surface area contributed by atoms with Crippen molar-refractivity contribution in [2.45, 2.75) is 23.8 Å². The molecule has 3 aromatic rings. The standard InChI is InChI=1S/C23H20F6N4O5S/c24-22(25,26)13-37-18-7-8-19(38-14-23(27,28)29)20(10-18)39(35,36)33-17-5-3-16(4-6-17)32-21(34)31-12-15-2-1-9-30-11-15/h1-11,33H,12-14H2,(H2,31,32,34). The summed E-state index contributed by atoms with van der Waals surface area (Å²) < 4.78 is 112. The molecule has 1 heterocycles. The molecule has 3 rings (SSSR count). The van der Waals surface area contributed by atoms with E-state index in [-0.39, 0.29) is 17.9 Å². The van der Waals surface area contributed by atoms with Crippen LogP contribution in [0.15, 0.2) is 71.9 Å². The number of nitrogens with one attached hydrogen (secondary N) is 3. The lowest BCUT2D eigenvalue weighted by molar-refractivity contribution is -0.154. The molecule has 9 nitrogen and oxygen atoms in total. The quantitative estimate of drug-likeness (QED) is 0.289. The summed E-state index contributed by atoms with van der Waals surface area (Å²) in [7, 11) is -4.67. The number of alkyl halides is 6. The second kappa shape index (κ2) is 12.1. The number of halogens is 6. The van der Waals surface area contributed by atoms with Crippen LogP contribution in [0.25, 0.3) is 0 Å². The van der Waals surface area contributed by atoms with Crippen molar-refractivity contribution in [3.8, 4) is 11.5 Å². The highest BCUT2D eigenvalue weighted by molar-refractivity contribution is 7.92. The molecule has 0 bridgehead atoms. The van der Waals surface area contributed by atoms with E-state index < -0.39 is 58.0 Å². The molecule has 0 atom stereocenters. The summed E-state index contributed by atoms with van der Waals surface area (Å²) in [6, 6.07) is 10.3. The van der Waals surface area contributed by atoms with Gasteiger partial charge in [0.15, 0.2) is 13.2 Å². The van der Waals surface area contributed by atoms with Crippen LogP contribution in [0, 0.1) is 0 Å². The molecular formula is C23H20F6N4O5S. The number of ether oxygens (including phenoxy) is 2. The highest BCUT2D eigenvalue weighted by atomic mass is 32.2. The average molecular weight is 578 g/mol. The third-order valence-electron chi connectivity index (χ3n) is 4.57. The Kier molecular flexibility index (Phi) is 9.11. The van der Waals surface area contributed by atoms with Gasteiger partial charge in [0, 0.05) is 36.4 Å². The van der Waals surface area contributed by atoms with E-state index in [1.807, 2.05) is 0 Å². The van der Waals surface area contributed by atoms with Crippen molar-refractivity contribution in [1.29, 1.82) is 0 Å². The predicted molar refractivity (Wildman–Crippen MR) is 127 cm³/mol. The second-order valence-electron chi connectivity index (χ2n) is 7.77. The maximum Gasteiger partial charge on any atom is 0.422 e. The van der Waals surface area contributed by atoms with Crippen molar-refractivity contribution in [2.24, 2.45) is 0 Å². The SMILES string of the molecule is O=C(NCc1cccnc1)Nc1ccc(NS(=O)(=O)c2cc(OCC(F)(F)F)ccc2OCC(F)(F)F)cc1. The number of urea groups is 1. The van der Waals surface area contributed by atoms with E-state index in [1.165, 1.54) is 24.3 Å². The van der Waals surface area contributed by atoms with Crippen LogP contribution in [-0.4, -0.2) is 45.0 Å². The maximum absolute atomic E-state index is 12.9. The van der Waals surface area contributed by atoms with Crippen LogP contribution in [0.5, 0.6) is 11.5 Å². The lowest BCUT2D eigenvalue weighted by Crippen LogP contribution is -2.28. The first-order chi connectivity index (χ1) is 18.2. The number of benzene rings is 2. The molecule has 16 heteroatoms. The summed E-state index contributed by atoms with van der Waals surface area (Å²) in [5, 5.41) is 5.12.